The number of methoxy groups -OCH3 is 1. The van der Waals surface area contributed by atoms with Gasteiger partial charge >= 0.3 is 0 Å². The topological polar surface area (TPSA) is 75.2 Å². The molecule has 2 aromatic heterocycles. The fourth-order valence-corrected chi connectivity index (χ4v) is 3.90. The number of likely N-dealkylation sites (tertiary alicyclic amines) is 1. The first-order chi connectivity index (χ1) is 13.1. The third kappa shape index (κ3) is 4.32. The van der Waals surface area contributed by atoms with Crippen molar-refractivity contribution < 1.29 is 9.13 Å². The van der Waals surface area contributed by atoms with Crippen molar-refractivity contribution in [2.24, 2.45) is 0 Å². The van der Waals surface area contributed by atoms with E-state index in [1.54, 1.807) is 25.4 Å². The van der Waals surface area contributed by atoms with Crippen LogP contribution in [0.5, 0.6) is 5.88 Å². The molecule has 0 saturated carbocycles. The van der Waals surface area contributed by atoms with Crippen LogP contribution >= 0.6 is 0 Å². The van der Waals surface area contributed by atoms with Crippen molar-refractivity contribution in [3.8, 4) is 5.88 Å². The minimum absolute atomic E-state index is 0.00122. The molecule has 152 valence electrons. The van der Waals surface area contributed by atoms with Crippen molar-refractivity contribution in [2.75, 3.05) is 24.8 Å². The van der Waals surface area contributed by atoms with Crippen molar-refractivity contribution >= 4 is 17.5 Å². The molecule has 3 rings (SSSR count). The Morgan fingerprint density at radius 2 is 1.79 bits per heavy atom. The summed E-state index contributed by atoms with van der Waals surface area (Å²) < 4.78 is 19.4. The van der Waals surface area contributed by atoms with Gasteiger partial charge in [-0.15, -0.1) is 0 Å². The number of rotatable bonds is 5. The number of hydrogen-bond donors (Lipinski definition) is 2. The predicted molar refractivity (Wildman–Crippen MR) is 109 cm³/mol. The van der Waals surface area contributed by atoms with E-state index < -0.39 is 5.82 Å². The van der Waals surface area contributed by atoms with Crippen LogP contribution < -0.4 is 15.4 Å². The van der Waals surface area contributed by atoms with Crippen LogP contribution in [-0.4, -0.2) is 51.1 Å². The lowest BCUT2D eigenvalue weighted by Gasteiger charge is -2.53. The fraction of sp³-hybridized carbons (Fsp3) is 0.550. The van der Waals surface area contributed by atoms with Gasteiger partial charge in [-0.05, 0) is 53.7 Å². The maximum atomic E-state index is 14.4. The Balaban J connectivity index is 1.76. The van der Waals surface area contributed by atoms with Crippen molar-refractivity contribution in [3.05, 3.63) is 30.3 Å². The molecule has 2 aromatic rings. The number of hydrogen-bond acceptors (Lipinski definition) is 7. The second-order valence-electron chi connectivity index (χ2n) is 8.54. The molecule has 0 spiro atoms. The zero-order valence-corrected chi connectivity index (χ0v) is 17.4. The summed E-state index contributed by atoms with van der Waals surface area (Å²) in [5, 5.41) is 6.34. The monoisotopic (exact) mass is 388 g/mol. The van der Waals surface area contributed by atoms with Gasteiger partial charge < -0.3 is 15.4 Å². The Kier molecular flexibility index (Phi) is 5.43. The van der Waals surface area contributed by atoms with Crippen molar-refractivity contribution in [3.63, 3.8) is 0 Å². The lowest BCUT2D eigenvalue weighted by Crippen LogP contribution is -2.61. The number of nitrogens with zero attached hydrogens (tertiary/aromatic N) is 4. The number of ether oxygens (including phenoxy) is 1. The molecule has 0 bridgehead atoms. The molecule has 1 aliphatic heterocycles. The number of anilines is 3. The summed E-state index contributed by atoms with van der Waals surface area (Å²) in [6.45, 7) is 8.84. The van der Waals surface area contributed by atoms with Crippen LogP contribution in [-0.2, 0) is 0 Å². The Hall–Kier alpha value is -2.48. The molecule has 28 heavy (non-hydrogen) atoms. The number of piperidine rings is 1. The summed E-state index contributed by atoms with van der Waals surface area (Å²) in [5.74, 6) is 0.566. The van der Waals surface area contributed by atoms with E-state index in [2.05, 4.69) is 65.2 Å². The molecule has 0 radical (unpaired) electrons. The quantitative estimate of drug-likeness (QED) is 0.806. The van der Waals surface area contributed by atoms with E-state index in [-0.39, 0.29) is 22.9 Å². The van der Waals surface area contributed by atoms with Gasteiger partial charge in [0.2, 0.25) is 11.8 Å². The molecule has 2 N–H and O–H groups in total. The van der Waals surface area contributed by atoms with Gasteiger partial charge in [0.15, 0.2) is 11.6 Å². The SMILES string of the molecule is COc1ccc(Nc2ncc(F)c(NC3CC(C)(C)N(C)C(C)(C)C3)n2)cn1. The first-order valence-corrected chi connectivity index (χ1v) is 9.41. The molecule has 0 atom stereocenters. The minimum Gasteiger partial charge on any atom is -0.481 e. The molecule has 0 aromatic carbocycles. The van der Waals surface area contributed by atoms with Crippen LogP contribution in [0.3, 0.4) is 0 Å². The van der Waals surface area contributed by atoms with Gasteiger partial charge in [-0.1, -0.05) is 0 Å². The van der Waals surface area contributed by atoms with E-state index in [4.69, 9.17) is 4.74 Å². The van der Waals surface area contributed by atoms with Crippen LogP contribution in [0.2, 0.25) is 0 Å². The predicted octanol–water partition coefficient (Wildman–Crippen LogP) is 3.83. The van der Waals surface area contributed by atoms with Crippen molar-refractivity contribution in [1.82, 2.24) is 19.9 Å². The minimum atomic E-state index is -0.465. The molecule has 0 aliphatic carbocycles. The zero-order chi connectivity index (χ0) is 20.5. The molecule has 0 unspecified atom stereocenters. The van der Waals surface area contributed by atoms with Gasteiger partial charge in [-0.25, -0.2) is 14.4 Å². The Morgan fingerprint density at radius 1 is 1.11 bits per heavy atom. The van der Waals surface area contributed by atoms with Gasteiger partial charge in [0.25, 0.3) is 0 Å². The van der Waals surface area contributed by atoms with Gasteiger partial charge in [0.1, 0.15) is 0 Å². The Bertz CT molecular complexity index is 806. The van der Waals surface area contributed by atoms with Crippen LogP contribution in [0.15, 0.2) is 24.5 Å². The van der Waals surface area contributed by atoms with Gasteiger partial charge in [0, 0.05) is 23.2 Å². The maximum absolute atomic E-state index is 14.4. The zero-order valence-electron chi connectivity index (χ0n) is 17.4. The highest BCUT2D eigenvalue weighted by Crippen LogP contribution is 2.38. The lowest BCUT2D eigenvalue weighted by molar-refractivity contribution is -0.00778. The molecular formula is C20H29FN6O. The third-order valence-electron chi connectivity index (χ3n) is 5.59. The molecule has 3 heterocycles. The Labute approximate surface area is 165 Å². The van der Waals surface area contributed by atoms with Gasteiger partial charge in [0.05, 0.1) is 25.2 Å². The molecule has 7 nitrogen and oxygen atoms in total. The summed E-state index contributed by atoms with van der Waals surface area (Å²) in [6, 6.07) is 3.64. The van der Waals surface area contributed by atoms with E-state index >= 15 is 0 Å². The average molecular weight is 388 g/mol. The highest BCUT2D eigenvalue weighted by Gasteiger charge is 2.43. The lowest BCUT2D eigenvalue weighted by atomic mass is 9.77. The smallest absolute Gasteiger partial charge is 0.229 e. The first-order valence-electron chi connectivity index (χ1n) is 9.41. The highest BCUT2D eigenvalue weighted by molar-refractivity contribution is 5.54. The first kappa shape index (κ1) is 20.3. The molecule has 8 heteroatoms. The summed E-state index contributed by atoms with van der Waals surface area (Å²) in [5.41, 5.74) is 0.692. The van der Waals surface area contributed by atoms with E-state index in [0.29, 0.717) is 17.5 Å². The highest BCUT2D eigenvalue weighted by atomic mass is 19.1. The maximum Gasteiger partial charge on any atom is 0.229 e. The summed E-state index contributed by atoms with van der Waals surface area (Å²) in [7, 11) is 3.70. The van der Waals surface area contributed by atoms with Gasteiger partial charge in [-0.3, -0.25) is 4.90 Å². The molecule has 1 saturated heterocycles. The third-order valence-corrected chi connectivity index (χ3v) is 5.59. The van der Waals surface area contributed by atoms with E-state index in [9.17, 15) is 4.39 Å². The molecule has 1 aliphatic rings. The average Bonchev–Trinajstić information content (AvgIpc) is 2.63. The van der Waals surface area contributed by atoms with E-state index in [0.717, 1.165) is 12.8 Å². The second-order valence-corrected chi connectivity index (χ2v) is 8.54. The summed E-state index contributed by atoms with van der Waals surface area (Å²) in [6.07, 6.45) is 4.57. The largest absolute Gasteiger partial charge is 0.481 e. The molecule has 1 fully saturated rings. The Morgan fingerprint density at radius 3 is 2.36 bits per heavy atom. The fourth-order valence-electron chi connectivity index (χ4n) is 3.90. The molecular weight excluding hydrogens is 359 g/mol. The van der Waals surface area contributed by atoms with E-state index in [1.165, 1.54) is 6.20 Å². The van der Waals surface area contributed by atoms with E-state index in [1.807, 2.05) is 0 Å². The standard InChI is InChI=1S/C20H29FN6O/c1-19(2)9-14(10-20(3,4)27(19)5)24-17-15(21)12-23-18(26-17)25-13-7-8-16(28-6)22-11-13/h7-8,11-12,14H,9-10H2,1-6H3,(H2,23,24,25,26). The normalized spacial score (nSPS) is 19.2. The number of pyridine rings is 1. The number of nitrogens with one attached hydrogen (secondary N) is 2. The number of halogens is 1. The van der Waals surface area contributed by atoms with Crippen molar-refractivity contribution in [1.29, 1.82) is 0 Å². The van der Waals surface area contributed by atoms with Crippen molar-refractivity contribution in [2.45, 2.75) is 57.7 Å². The number of aromatic nitrogens is 3. The van der Waals surface area contributed by atoms with Crippen LogP contribution in [0.4, 0.5) is 21.8 Å². The van der Waals surface area contributed by atoms with Crippen LogP contribution in [0.1, 0.15) is 40.5 Å². The van der Waals surface area contributed by atoms with Crippen LogP contribution in [0, 0.1) is 5.82 Å². The second kappa shape index (κ2) is 7.50. The summed E-state index contributed by atoms with van der Waals surface area (Å²) in [4.78, 5) is 14.9. The molecule has 0 amide bonds. The van der Waals surface area contributed by atoms with Gasteiger partial charge in [-0.2, -0.15) is 4.98 Å². The van der Waals surface area contributed by atoms with Crippen LogP contribution in [0.25, 0.3) is 0 Å². The summed E-state index contributed by atoms with van der Waals surface area (Å²) >= 11 is 0.